The molecule has 0 aliphatic heterocycles. The lowest BCUT2D eigenvalue weighted by Gasteiger charge is -2.18. The third-order valence-electron chi connectivity index (χ3n) is 13.6. The fourth-order valence-corrected chi connectivity index (χ4v) is 8.83. The largest absolute Gasteiger partial charge is 0.462 e. The molecule has 0 amide bonds. The van der Waals surface area contributed by atoms with Gasteiger partial charge in [-0.1, -0.05) is 279 Å². The monoisotopic (exact) mass is 1040 g/mol. The van der Waals surface area contributed by atoms with Crippen molar-refractivity contribution >= 4 is 17.9 Å². The highest BCUT2D eigenvalue weighted by Crippen LogP contribution is 2.16. The van der Waals surface area contributed by atoms with Crippen LogP contribution in [0.3, 0.4) is 0 Å². The van der Waals surface area contributed by atoms with Gasteiger partial charge in [-0.05, 0) is 103 Å². The lowest BCUT2D eigenvalue weighted by molar-refractivity contribution is -0.167. The molecular formula is C69H118O6. The SMILES string of the molecule is CC/C=C\C/C=C\C/C=C\C/C=C\C/C=C\CCCCCCCCCCCCCC(=O)OCC(COC(=O)CCCCCCCCC)OC(=O)CCCCCCCCCC/C=C\C/C=C\C/C=C\CCCCCCC. The first-order chi connectivity index (χ1) is 37.0. The average Bonchev–Trinajstić information content (AvgIpc) is 3.41. The highest BCUT2D eigenvalue weighted by molar-refractivity contribution is 5.71. The summed E-state index contributed by atoms with van der Waals surface area (Å²) >= 11 is 0. The standard InChI is InChI=1S/C69H118O6/c1-4-7-10-13-16-18-20-22-24-26-28-30-32-33-34-35-37-38-40-42-44-46-48-50-53-56-59-62-68(71)74-65-66(64-73-67(70)61-58-55-52-15-12-9-6-3)75-69(72)63-60-57-54-51-49-47-45-43-41-39-36-31-29-27-25-23-21-19-17-14-11-8-5-2/h7,10,16,18,21-24,27-30,33-34,36,39,66H,4-6,8-9,11-15,17,19-20,25-26,31-32,35,37-38,40-65H2,1-3H3/b10-7-,18-16-,23-21-,24-22-,29-27-,30-28-,34-33-,39-36-. The molecular weight excluding hydrogens is 925 g/mol. The van der Waals surface area contributed by atoms with Crippen molar-refractivity contribution in [1.82, 2.24) is 0 Å². The first kappa shape index (κ1) is 71.3. The van der Waals surface area contributed by atoms with E-state index in [0.717, 1.165) is 109 Å². The normalized spacial score (nSPS) is 12.7. The number of carbonyl (C=O) groups excluding carboxylic acids is 3. The molecule has 0 aliphatic carbocycles. The topological polar surface area (TPSA) is 78.9 Å². The minimum Gasteiger partial charge on any atom is -0.462 e. The molecule has 1 unspecified atom stereocenters. The van der Waals surface area contributed by atoms with Crippen LogP contribution in [0.1, 0.15) is 303 Å². The van der Waals surface area contributed by atoms with Gasteiger partial charge in [0.2, 0.25) is 0 Å². The molecule has 0 radical (unpaired) electrons. The average molecular weight is 1040 g/mol. The molecule has 0 aliphatic rings. The van der Waals surface area contributed by atoms with Crippen molar-refractivity contribution in [1.29, 1.82) is 0 Å². The van der Waals surface area contributed by atoms with Crippen LogP contribution in [0.5, 0.6) is 0 Å². The van der Waals surface area contributed by atoms with Gasteiger partial charge in [0.25, 0.3) is 0 Å². The zero-order valence-corrected chi connectivity index (χ0v) is 49.3. The van der Waals surface area contributed by atoms with Crippen molar-refractivity contribution in [2.24, 2.45) is 0 Å². The Labute approximate surface area is 464 Å². The van der Waals surface area contributed by atoms with E-state index in [4.69, 9.17) is 14.2 Å². The summed E-state index contributed by atoms with van der Waals surface area (Å²) in [6, 6.07) is 0. The van der Waals surface area contributed by atoms with Crippen LogP contribution in [0, 0.1) is 0 Å². The second kappa shape index (κ2) is 62.9. The van der Waals surface area contributed by atoms with E-state index < -0.39 is 6.10 Å². The van der Waals surface area contributed by atoms with Gasteiger partial charge in [-0.3, -0.25) is 14.4 Å². The van der Waals surface area contributed by atoms with Crippen LogP contribution >= 0.6 is 0 Å². The summed E-state index contributed by atoms with van der Waals surface area (Å²) in [7, 11) is 0. The Kier molecular flexibility index (Phi) is 59.8. The zero-order valence-electron chi connectivity index (χ0n) is 49.3. The van der Waals surface area contributed by atoms with Crippen LogP contribution in [0.4, 0.5) is 0 Å². The molecule has 75 heavy (non-hydrogen) atoms. The fourth-order valence-electron chi connectivity index (χ4n) is 8.83. The number of esters is 3. The van der Waals surface area contributed by atoms with Gasteiger partial charge in [-0.2, -0.15) is 0 Å². The predicted molar refractivity (Wildman–Crippen MR) is 325 cm³/mol. The number of unbranched alkanes of at least 4 members (excludes halogenated alkanes) is 30. The molecule has 0 aromatic heterocycles. The zero-order chi connectivity index (χ0) is 54.3. The van der Waals surface area contributed by atoms with Crippen LogP contribution in [0.2, 0.25) is 0 Å². The van der Waals surface area contributed by atoms with Gasteiger partial charge in [0, 0.05) is 19.3 Å². The molecule has 0 saturated carbocycles. The molecule has 6 nitrogen and oxygen atoms in total. The van der Waals surface area contributed by atoms with Crippen molar-refractivity contribution in [3.63, 3.8) is 0 Å². The van der Waals surface area contributed by atoms with Gasteiger partial charge in [0.15, 0.2) is 6.10 Å². The highest BCUT2D eigenvalue weighted by atomic mass is 16.6. The van der Waals surface area contributed by atoms with Crippen molar-refractivity contribution in [2.45, 2.75) is 309 Å². The van der Waals surface area contributed by atoms with E-state index in [1.807, 2.05) is 0 Å². The predicted octanol–water partition coefficient (Wildman–Crippen LogP) is 21.7. The van der Waals surface area contributed by atoms with Gasteiger partial charge in [-0.15, -0.1) is 0 Å². The number of allylic oxidation sites excluding steroid dienone is 16. The van der Waals surface area contributed by atoms with Gasteiger partial charge in [-0.25, -0.2) is 0 Å². The first-order valence-electron chi connectivity index (χ1n) is 31.7. The molecule has 0 spiro atoms. The maximum atomic E-state index is 12.9. The van der Waals surface area contributed by atoms with Gasteiger partial charge in [0.05, 0.1) is 0 Å². The Hall–Kier alpha value is -3.67. The Morgan fingerprint density at radius 1 is 0.280 bits per heavy atom. The lowest BCUT2D eigenvalue weighted by atomic mass is 10.0. The third-order valence-corrected chi connectivity index (χ3v) is 13.6. The summed E-state index contributed by atoms with van der Waals surface area (Å²) in [5.41, 5.74) is 0. The summed E-state index contributed by atoms with van der Waals surface area (Å²) < 4.78 is 16.8. The number of ether oxygens (including phenoxy) is 3. The van der Waals surface area contributed by atoms with Crippen LogP contribution in [0.15, 0.2) is 97.2 Å². The van der Waals surface area contributed by atoms with E-state index in [1.54, 1.807) is 0 Å². The van der Waals surface area contributed by atoms with Gasteiger partial charge >= 0.3 is 17.9 Å². The van der Waals surface area contributed by atoms with E-state index in [1.165, 1.54) is 154 Å². The van der Waals surface area contributed by atoms with E-state index in [0.29, 0.717) is 19.3 Å². The summed E-state index contributed by atoms with van der Waals surface area (Å²) in [5, 5.41) is 0. The molecule has 430 valence electrons. The third kappa shape index (κ3) is 61.1. The minimum atomic E-state index is -0.781. The van der Waals surface area contributed by atoms with Crippen molar-refractivity contribution in [2.75, 3.05) is 13.2 Å². The summed E-state index contributed by atoms with van der Waals surface area (Å²) in [6.07, 6.45) is 84.3. The first-order valence-corrected chi connectivity index (χ1v) is 31.7. The van der Waals surface area contributed by atoms with E-state index >= 15 is 0 Å². The van der Waals surface area contributed by atoms with Gasteiger partial charge in [0.1, 0.15) is 13.2 Å². The molecule has 0 aromatic carbocycles. The van der Waals surface area contributed by atoms with Crippen LogP contribution < -0.4 is 0 Å². The minimum absolute atomic E-state index is 0.0798. The lowest BCUT2D eigenvalue weighted by Crippen LogP contribution is -2.30. The molecule has 0 N–H and O–H groups in total. The van der Waals surface area contributed by atoms with Crippen LogP contribution in [-0.4, -0.2) is 37.2 Å². The van der Waals surface area contributed by atoms with Crippen molar-refractivity contribution in [3.05, 3.63) is 97.2 Å². The molecule has 0 rings (SSSR count). The number of rotatable bonds is 57. The molecule has 0 fully saturated rings. The Morgan fingerprint density at radius 2 is 0.520 bits per heavy atom. The maximum Gasteiger partial charge on any atom is 0.306 e. The second-order valence-corrected chi connectivity index (χ2v) is 20.9. The maximum absolute atomic E-state index is 12.9. The van der Waals surface area contributed by atoms with E-state index in [9.17, 15) is 14.4 Å². The second-order valence-electron chi connectivity index (χ2n) is 20.9. The Morgan fingerprint density at radius 3 is 0.813 bits per heavy atom. The molecule has 0 bridgehead atoms. The Balaban J connectivity index is 4.16. The van der Waals surface area contributed by atoms with E-state index in [2.05, 4.69) is 118 Å². The smallest absolute Gasteiger partial charge is 0.306 e. The number of hydrogen-bond donors (Lipinski definition) is 0. The number of hydrogen-bond acceptors (Lipinski definition) is 6. The fraction of sp³-hybridized carbons (Fsp3) is 0.725. The van der Waals surface area contributed by atoms with Crippen molar-refractivity contribution < 1.29 is 28.6 Å². The molecule has 0 heterocycles. The number of carbonyl (C=O) groups is 3. The molecule has 0 aromatic rings. The van der Waals surface area contributed by atoms with Gasteiger partial charge < -0.3 is 14.2 Å². The Bertz CT molecular complexity index is 1480. The summed E-state index contributed by atoms with van der Waals surface area (Å²) in [6.45, 7) is 6.48. The highest BCUT2D eigenvalue weighted by Gasteiger charge is 2.19. The summed E-state index contributed by atoms with van der Waals surface area (Å²) in [4.78, 5) is 38.1. The molecule has 1 atom stereocenters. The van der Waals surface area contributed by atoms with Crippen molar-refractivity contribution in [3.8, 4) is 0 Å². The van der Waals surface area contributed by atoms with E-state index in [-0.39, 0.29) is 31.1 Å². The van der Waals surface area contributed by atoms with Crippen LogP contribution in [-0.2, 0) is 28.6 Å². The quantitative estimate of drug-likeness (QED) is 0.0261. The van der Waals surface area contributed by atoms with Crippen LogP contribution in [0.25, 0.3) is 0 Å². The summed E-state index contributed by atoms with van der Waals surface area (Å²) in [5.74, 6) is -0.889. The molecule has 0 saturated heterocycles. The molecule has 6 heteroatoms.